The van der Waals surface area contributed by atoms with E-state index in [2.05, 4.69) is 0 Å². The Labute approximate surface area is 197 Å². The van der Waals surface area contributed by atoms with Crippen molar-refractivity contribution in [1.29, 1.82) is 0 Å². The quantitative estimate of drug-likeness (QED) is 0.447. The molecule has 6 nitrogen and oxygen atoms in total. The summed E-state index contributed by atoms with van der Waals surface area (Å²) in [5, 5.41) is 0. The van der Waals surface area contributed by atoms with Crippen LogP contribution in [0.2, 0.25) is 0 Å². The third-order valence-corrected chi connectivity index (χ3v) is 6.14. The molecule has 1 aliphatic heterocycles. The fourth-order valence-corrected chi connectivity index (χ4v) is 4.36. The molecule has 0 aromatic carbocycles. The van der Waals surface area contributed by atoms with Gasteiger partial charge in [0.15, 0.2) is 0 Å². The average Bonchev–Trinajstić information content (AvgIpc) is 2.59. The summed E-state index contributed by atoms with van der Waals surface area (Å²) in [4.78, 5) is 28.1. The van der Waals surface area contributed by atoms with Crippen LogP contribution in [0, 0.1) is 0 Å². The predicted octanol–water partition coefficient (Wildman–Crippen LogP) is 5.29. The minimum absolute atomic E-state index is 0.256. The maximum Gasteiger partial charge on any atom is 0.410 e. The van der Waals surface area contributed by atoms with Crippen LogP contribution in [0.25, 0.3) is 0 Å². The van der Waals surface area contributed by atoms with Crippen LogP contribution in [-0.2, 0) is 9.47 Å². The lowest BCUT2D eigenvalue weighted by molar-refractivity contribution is 0.0274. The molecule has 1 heterocycles. The number of alkyl halides is 3. The Morgan fingerprint density at radius 1 is 0.828 bits per heavy atom. The third kappa shape index (κ3) is 13.9. The fourth-order valence-electron chi connectivity index (χ4n) is 2.42. The molecule has 0 radical (unpaired) electrons. The second-order valence-corrected chi connectivity index (χ2v) is 12.5. The molecule has 0 saturated carbocycles. The van der Waals surface area contributed by atoms with Gasteiger partial charge in [0.05, 0.1) is 0 Å². The second-order valence-electron chi connectivity index (χ2n) is 7.56. The van der Waals surface area contributed by atoms with Crippen molar-refractivity contribution >= 4 is 70.5 Å². The molecule has 1 aliphatic rings. The maximum atomic E-state index is 12.4. The van der Waals surface area contributed by atoms with E-state index in [1.54, 1.807) is 33.3 Å². The number of nitrogens with zero attached hydrogens (tertiary/aromatic N) is 2. The molecule has 0 spiro atoms. The molecule has 0 N–H and O–H groups in total. The Morgan fingerprint density at radius 3 is 1.76 bits per heavy atom. The van der Waals surface area contributed by atoms with Gasteiger partial charge in [-0.1, -0.05) is 34.8 Å². The van der Waals surface area contributed by atoms with Gasteiger partial charge < -0.3 is 19.3 Å². The Morgan fingerprint density at radius 2 is 1.31 bits per heavy atom. The second kappa shape index (κ2) is 13.5. The lowest BCUT2D eigenvalue weighted by atomic mass is 10.2. The first-order valence-electron chi connectivity index (χ1n) is 9.60. The van der Waals surface area contributed by atoms with E-state index in [4.69, 9.17) is 44.3 Å². The number of rotatable bonds is 1. The van der Waals surface area contributed by atoms with Crippen molar-refractivity contribution in [3.63, 3.8) is 0 Å². The molecular formula is C18H31Cl3N2O4S2. The fraction of sp³-hybridized carbons (Fsp3) is 0.889. The number of hydrogen-bond acceptors (Lipinski definition) is 6. The first-order chi connectivity index (χ1) is 13.5. The lowest BCUT2D eigenvalue weighted by Gasteiger charge is -2.28. The summed E-state index contributed by atoms with van der Waals surface area (Å²) in [5.74, 6) is 3.40. The highest BCUT2D eigenvalue weighted by atomic mass is 35.6. The number of amides is 2. The molecule has 0 bridgehead atoms. The first-order valence-corrected chi connectivity index (χ1v) is 13.0. The molecule has 29 heavy (non-hydrogen) atoms. The molecule has 1 rings (SSSR count). The van der Waals surface area contributed by atoms with E-state index in [0.29, 0.717) is 26.2 Å². The van der Waals surface area contributed by atoms with Gasteiger partial charge in [-0.25, -0.2) is 9.59 Å². The van der Waals surface area contributed by atoms with Crippen LogP contribution >= 0.6 is 58.3 Å². The van der Waals surface area contributed by atoms with Crippen LogP contribution in [0.4, 0.5) is 9.59 Å². The minimum atomic E-state index is -1.61. The Hall–Kier alpha value is 0.110. The van der Waals surface area contributed by atoms with Crippen LogP contribution < -0.4 is 0 Å². The van der Waals surface area contributed by atoms with Gasteiger partial charge in [-0.15, -0.1) is 0 Å². The normalized spacial score (nSPS) is 18.7. The first kappa shape index (κ1) is 27.1. The molecular weight excluding hydrogens is 479 g/mol. The van der Waals surface area contributed by atoms with Crippen molar-refractivity contribution in [3.05, 3.63) is 0 Å². The summed E-state index contributed by atoms with van der Waals surface area (Å²) in [5.41, 5.74) is -0.495. The zero-order chi connectivity index (χ0) is 21.9. The molecule has 11 heteroatoms. The highest BCUT2D eigenvalue weighted by Crippen LogP contribution is 2.26. The van der Waals surface area contributed by atoms with Crippen LogP contribution in [0.15, 0.2) is 0 Å². The Bertz CT molecular complexity index is 500. The minimum Gasteiger partial charge on any atom is -0.445 e. The molecule has 0 aliphatic carbocycles. The van der Waals surface area contributed by atoms with Crippen molar-refractivity contribution < 1.29 is 19.1 Å². The van der Waals surface area contributed by atoms with E-state index in [9.17, 15) is 9.59 Å². The van der Waals surface area contributed by atoms with Gasteiger partial charge >= 0.3 is 12.2 Å². The molecule has 0 unspecified atom stereocenters. The van der Waals surface area contributed by atoms with E-state index < -0.39 is 15.5 Å². The van der Waals surface area contributed by atoms with Crippen molar-refractivity contribution in [2.24, 2.45) is 0 Å². The number of ether oxygens (including phenoxy) is 2. The summed E-state index contributed by atoms with van der Waals surface area (Å²) >= 11 is 20.5. The van der Waals surface area contributed by atoms with Gasteiger partial charge in [0.1, 0.15) is 12.2 Å². The topological polar surface area (TPSA) is 59.1 Å². The molecule has 2 amide bonds. The van der Waals surface area contributed by atoms with Gasteiger partial charge in [0.2, 0.25) is 3.79 Å². The van der Waals surface area contributed by atoms with Gasteiger partial charge in [-0.3, -0.25) is 0 Å². The molecule has 170 valence electrons. The van der Waals surface area contributed by atoms with Crippen molar-refractivity contribution in [3.8, 4) is 0 Å². The van der Waals surface area contributed by atoms with E-state index in [-0.39, 0.29) is 12.7 Å². The number of halogens is 3. The number of carbonyl (C=O) groups is 2. The summed E-state index contributed by atoms with van der Waals surface area (Å²) in [6, 6.07) is 0. The van der Waals surface area contributed by atoms with Gasteiger partial charge in [-0.2, -0.15) is 23.5 Å². The summed E-state index contributed by atoms with van der Waals surface area (Å²) in [6.07, 6.45) is 0.948. The number of thioether (sulfide) groups is 2. The molecule has 0 aromatic heterocycles. The van der Waals surface area contributed by atoms with E-state index >= 15 is 0 Å². The largest absolute Gasteiger partial charge is 0.445 e. The van der Waals surface area contributed by atoms with Gasteiger partial charge in [0, 0.05) is 37.7 Å². The highest BCUT2D eigenvalue weighted by molar-refractivity contribution is 7.99. The summed E-state index contributed by atoms with van der Waals surface area (Å²) in [6.45, 7) is 7.84. The molecule has 1 saturated heterocycles. The standard InChI is InChI=1S/C18H31Cl3N2O4S2/c1-17(2,3)27-16(25)23-8-12-28-10-4-6-22(7-5-11-29-13-9-23)15(24)26-14-18(19,20)21/h4-14H2,1-3H3. The Balaban J connectivity index is 2.52. The van der Waals surface area contributed by atoms with E-state index in [0.717, 1.165) is 35.9 Å². The SMILES string of the molecule is CC(C)(C)OC(=O)N1CCSCCCN(C(=O)OCC(Cl)(Cl)Cl)CCCSCC1. The van der Waals surface area contributed by atoms with Gasteiger partial charge in [0.25, 0.3) is 0 Å². The van der Waals surface area contributed by atoms with Crippen molar-refractivity contribution in [2.75, 3.05) is 55.8 Å². The monoisotopic (exact) mass is 508 g/mol. The van der Waals surface area contributed by atoms with E-state index in [1.807, 2.05) is 20.8 Å². The number of carbonyl (C=O) groups excluding carboxylic acids is 2. The van der Waals surface area contributed by atoms with Crippen LogP contribution in [0.5, 0.6) is 0 Å². The lowest BCUT2D eigenvalue weighted by Crippen LogP contribution is -2.39. The average molecular weight is 510 g/mol. The summed E-state index contributed by atoms with van der Waals surface area (Å²) < 4.78 is 9.02. The Kier molecular flexibility index (Phi) is 12.6. The smallest absolute Gasteiger partial charge is 0.410 e. The van der Waals surface area contributed by atoms with Crippen LogP contribution in [0.3, 0.4) is 0 Å². The zero-order valence-corrected chi connectivity index (χ0v) is 21.2. The molecule has 0 atom stereocenters. The van der Waals surface area contributed by atoms with Crippen LogP contribution in [-0.4, -0.2) is 87.2 Å². The predicted molar refractivity (Wildman–Crippen MR) is 125 cm³/mol. The zero-order valence-electron chi connectivity index (χ0n) is 17.3. The molecule has 1 fully saturated rings. The van der Waals surface area contributed by atoms with E-state index in [1.165, 1.54) is 0 Å². The highest BCUT2D eigenvalue weighted by Gasteiger charge is 2.25. The summed E-state index contributed by atoms with van der Waals surface area (Å²) in [7, 11) is 0. The maximum absolute atomic E-state index is 12.4. The molecule has 0 aromatic rings. The number of hydrogen-bond donors (Lipinski definition) is 0. The van der Waals surface area contributed by atoms with Crippen molar-refractivity contribution in [1.82, 2.24) is 9.80 Å². The van der Waals surface area contributed by atoms with Gasteiger partial charge in [-0.05, 0) is 45.1 Å². The van der Waals surface area contributed by atoms with Crippen LogP contribution in [0.1, 0.15) is 33.6 Å². The third-order valence-electron chi connectivity index (χ3n) is 3.71. The van der Waals surface area contributed by atoms with Crippen molar-refractivity contribution in [2.45, 2.75) is 43.0 Å².